The summed E-state index contributed by atoms with van der Waals surface area (Å²) in [5.74, 6) is 2.07. The molecule has 0 spiro atoms. The van der Waals surface area contributed by atoms with Crippen LogP contribution >= 0.6 is 0 Å². The lowest BCUT2D eigenvalue weighted by molar-refractivity contribution is 0.140. The molecular weight excluding hydrogens is 412 g/mol. The molecule has 184 valence electrons. The Labute approximate surface area is 201 Å². The minimum Gasteiger partial charge on any atom is -0.205 e. The lowest BCUT2D eigenvalue weighted by Gasteiger charge is -2.38. The normalized spacial score (nSPS) is 25.6. The number of benzene rings is 1. The van der Waals surface area contributed by atoms with Gasteiger partial charge in [0.2, 0.25) is 0 Å². The lowest BCUT2D eigenvalue weighted by atomic mass is 9.68. The standard InChI is InChI=1S/C30H45F2N/c1-2-3-4-5-6-7-8-9-23-12-16-26(17-13-23)27-18-14-24(15-19-27)10-11-25-20-29(31)28(22-33)30(32)21-25/h20-21,23-24,26-27H,2-19H2,1H3/t23-,24-,26-,27-. The molecule has 0 aromatic heterocycles. The Balaban J connectivity index is 1.28. The van der Waals surface area contributed by atoms with E-state index in [-0.39, 0.29) is 0 Å². The quantitative estimate of drug-likeness (QED) is 0.287. The molecule has 3 heteroatoms. The molecule has 0 radical (unpaired) electrons. The van der Waals surface area contributed by atoms with Crippen molar-refractivity contribution in [3.8, 4) is 6.07 Å². The highest BCUT2D eigenvalue weighted by molar-refractivity contribution is 5.35. The topological polar surface area (TPSA) is 23.8 Å². The Morgan fingerprint density at radius 1 is 0.727 bits per heavy atom. The maximum atomic E-state index is 13.8. The van der Waals surface area contributed by atoms with Gasteiger partial charge in [0.1, 0.15) is 23.3 Å². The van der Waals surface area contributed by atoms with Gasteiger partial charge in [-0.2, -0.15) is 5.26 Å². The van der Waals surface area contributed by atoms with E-state index in [1.165, 1.54) is 115 Å². The second-order valence-corrected chi connectivity index (χ2v) is 11.1. The van der Waals surface area contributed by atoms with Crippen LogP contribution in [0.2, 0.25) is 0 Å². The molecule has 0 amide bonds. The third-order valence-electron chi connectivity index (χ3n) is 8.72. The van der Waals surface area contributed by atoms with Crippen LogP contribution in [0.1, 0.15) is 127 Å². The van der Waals surface area contributed by atoms with Gasteiger partial charge in [-0.15, -0.1) is 0 Å². The molecule has 2 aliphatic rings. The molecule has 1 nitrogen and oxygen atoms in total. The Morgan fingerprint density at radius 3 is 1.73 bits per heavy atom. The van der Waals surface area contributed by atoms with Gasteiger partial charge in [-0.25, -0.2) is 8.78 Å². The smallest absolute Gasteiger partial charge is 0.144 e. The van der Waals surface area contributed by atoms with Crippen LogP contribution in [-0.2, 0) is 6.42 Å². The van der Waals surface area contributed by atoms with Crippen molar-refractivity contribution in [2.45, 2.75) is 122 Å². The van der Waals surface area contributed by atoms with Crippen LogP contribution in [-0.4, -0.2) is 0 Å². The first kappa shape index (κ1) is 26.2. The first-order chi connectivity index (χ1) is 16.1. The van der Waals surface area contributed by atoms with Crippen LogP contribution in [0.15, 0.2) is 12.1 Å². The van der Waals surface area contributed by atoms with Gasteiger partial charge < -0.3 is 0 Å². The summed E-state index contributed by atoms with van der Waals surface area (Å²) in [6.45, 7) is 2.29. The van der Waals surface area contributed by atoms with E-state index in [4.69, 9.17) is 5.26 Å². The highest BCUT2D eigenvalue weighted by Crippen LogP contribution is 2.43. The summed E-state index contributed by atoms with van der Waals surface area (Å²) in [6.07, 6.45) is 24.1. The van der Waals surface area contributed by atoms with Crippen LogP contribution in [0.4, 0.5) is 8.78 Å². The number of hydrogen-bond donors (Lipinski definition) is 0. The third-order valence-corrected chi connectivity index (χ3v) is 8.72. The maximum Gasteiger partial charge on any atom is 0.144 e. The lowest BCUT2D eigenvalue weighted by Crippen LogP contribution is -2.26. The molecule has 0 atom stereocenters. The molecule has 0 unspecified atom stereocenters. The van der Waals surface area contributed by atoms with Crippen LogP contribution < -0.4 is 0 Å². The van der Waals surface area contributed by atoms with Crippen molar-refractivity contribution >= 4 is 0 Å². The van der Waals surface area contributed by atoms with Gasteiger partial charge in [0, 0.05) is 0 Å². The van der Waals surface area contributed by atoms with Crippen LogP contribution in [0.3, 0.4) is 0 Å². The average molecular weight is 458 g/mol. The van der Waals surface area contributed by atoms with Crippen LogP contribution in [0.25, 0.3) is 0 Å². The number of nitrogens with zero attached hydrogens (tertiary/aromatic N) is 1. The molecule has 0 saturated heterocycles. The molecule has 2 fully saturated rings. The predicted octanol–water partition coefficient (Wildman–Crippen LogP) is 9.52. The largest absolute Gasteiger partial charge is 0.205 e. The monoisotopic (exact) mass is 457 g/mol. The molecular formula is C30H45F2N. The Kier molecular flexibility index (Phi) is 11.2. The first-order valence-electron chi connectivity index (χ1n) is 14.0. The first-order valence-corrected chi connectivity index (χ1v) is 14.0. The third kappa shape index (κ3) is 8.38. The minimum atomic E-state index is -0.723. The van der Waals surface area contributed by atoms with Gasteiger partial charge in [-0.1, -0.05) is 84.0 Å². The fourth-order valence-electron chi connectivity index (χ4n) is 6.53. The van der Waals surface area contributed by atoms with Crippen molar-refractivity contribution < 1.29 is 8.78 Å². The maximum absolute atomic E-state index is 13.8. The van der Waals surface area contributed by atoms with Crippen molar-refractivity contribution in [3.05, 3.63) is 34.9 Å². The molecule has 1 aromatic carbocycles. The SMILES string of the molecule is CCCCCCCCC[C@H]1CC[C@H]([C@H]2CC[C@H](CCc3cc(F)c(C#N)c(F)c3)CC2)CC1. The molecule has 0 N–H and O–H groups in total. The fourth-order valence-corrected chi connectivity index (χ4v) is 6.53. The average Bonchev–Trinajstić information content (AvgIpc) is 2.83. The molecule has 0 heterocycles. The van der Waals surface area contributed by atoms with Crippen molar-refractivity contribution in [2.24, 2.45) is 23.7 Å². The summed E-state index contributed by atoms with van der Waals surface area (Å²) in [6, 6.07) is 4.30. The summed E-state index contributed by atoms with van der Waals surface area (Å²) < 4.78 is 27.7. The van der Waals surface area contributed by atoms with Crippen LogP contribution in [0.5, 0.6) is 0 Å². The summed E-state index contributed by atoms with van der Waals surface area (Å²) in [7, 11) is 0. The highest BCUT2D eigenvalue weighted by atomic mass is 19.1. The van der Waals surface area contributed by atoms with Crippen molar-refractivity contribution in [1.82, 2.24) is 0 Å². The van der Waals surface area contributed by atoms with E-state index in [1.807, 2.05) is 0 Å². The van der Waals surface area contributed by atoms with E-state index >= 15 is 0 Å². The predicted molar refractivity (Wildman–Crippen MR) is 133 cm³/mol. The van der Waals surface area contributed by atoms with Gasteiger partial charge in [-0.05, 0) is 79.9 Å². The number of halogens is 2. The molecule has 2 saturated carbocycles. The molecule has 0 bridgehead atoms. The van der Waals surface area contributed by atoms with Crippen molar-refractivity contribution in [2.75, 3.05) is 0 Å². The fraction of sp³-hybridized carbons (Fsp3) is 0.767. The van der Waals surface area contributed by atoms with Crippen molar-refractivity contribution in [3.63, 3.8) is 0 Å². The second kappa shape index (κ2) is 14.1. The van der Waals surface area contributed by atoms with Gasteiger partial charge in [0.15, 0.2) is 0 Å². The van der Waals surface area contributed by atoms with E-state index in [1.54, 1.807) is 6.07 Å². The van der Waals surface area contributed by atoms with Crippen LogP contribution in [0, 0.1) is 46.6 Å². The summed E-state index contributed by atoms with van der Waals surface area (Å²) >= 11 is 0. The van der Waals surface area contributed by atoms with Gasteiger partial charge in [0.05, 0.1) is 0 Å². The number of unbranched alkanes of at least 4 members (excludes halogenated alkanes) is 6. The van der Waals surface area contributed by atoms with E-state index in [2.05, 4.69) is 6.92 Å². The second-order valence-electron chi connectivity index (χ2n) is 11.1. The van der Waals surface area contributed by atoms with E-state index in [0.29, 0.717) is 17.9 Å². The molecule has 1 aromatic rings. The summed E-state index contributed by atoms with van der Waals surface area (Å²) in [4.78, 5) is 0. The zero-order valence-electron chi connectivity index (χ0n) is 20.9. The summed E-state index contributed by atoms with van der Waals surface area (Å²) in [5, 5.41) is 8.82. The molecule has 2 aliphatic carbocycles. The van der Waals surface area contributed by atoms with E-state index < -0.39 is 17.2 Å². The molecule has 0 aliphatic heterocycles. The minimum absolute atomic E-state index is 0.462. The zero-order chi connectivity index (χ0) is 23.5. The van der Waals surface area contributed by atoms with E-state index in [9.17, 15) is 8.78 Å². The molecule has 33 heavy (non-hydrogen) atoms. The van der Waals surface area contributed by atoms with Gasteiger partial charge in [-0.3, -0.25) is 0 Å². The highest BCUT2D eigenvalue weighted by Gasteiger charge is 2.30. The Hall–Kier alpha value is -1.43. The zero-order valence-corrected chi connectivity index (χ0v) is 20.9. The van der Waals surface area contributed by atoms with E-state index in [0.717, 1.165) is 24.2 Å². The number of nitriles is 1. The number of hydrogen-bond acceptors (Lipinski definition) is 1. The number of rotatable bonds is 12. The van der Waals surface area contributed by atoms with Crippen molar-refractivity contribution in [1.29, 1.82) is 5.26 Å². The Morgan fingerprint density at radius 2 is 1.21 bits per heavy atom. The molecule has 3 rings (SSSR count). The Bertz CT molecular complexity index is 713. The van der Waals surface area contributed by atoms with Gasteiger partial charge in [0.25, 0.3) is 0 Å². The summed E-state index contributed by atoms with van der Waals surface area (Å²) in [5.41, 5.74) is 0.224. The number of aryl methyl sites for hydroxylation is 1. The van der Waals surface area contributed by atoms with Gasteiger partial charge >= 0.3 is 0 Å².